The molecule has 0 aromatic heterocycles. The van der Waals surface area contributed by atoms with E-state index in [0.717, 1.165) is 23.7 Å². The van der Waals surface area contributed by atoms with E-state index in [-0.39, 0.29) is 23.8 Å². The number of hydrogen-bond donors (Lipinski definition) is 2. The van der Waals surface area contributed by atoms with Crippen LogP contribution in [-0.2, 0) is 4.79 Å². The van der Waals surface area contributed by atoms with Gasteiger partial charge in [-0.05, 0) is 49.3 Å². The van der Waals surface area contributed by atoms with Gasteiger partial charge in [0.25, 0.3) is 5.91 Å². The summed E-state index contributed by atoms with van der Waals surface area (Å²) >= 11 is 9.25. The fourth-order valence-electron chi connectivity index (χ4n) is 3.77. The summed E-state index contributed by atoms with van der Waals surface area (Å²) in [5, 5.41) is 12.8. The van der Waals surface area contributed by atoms with Gasteiger partial charge in [-0.2, -0.15) is 0 Å². The molecule has 4 atom stereocenters. The van der Waals surface area contributed by atoms with Crippen LogP contribution in [0.2, 0.25) is 5.02 Å². The summed E-state index contributed by atoms with van der Waals surface area (Å²) in [4.78, 5) is 23.8. The molecular weight excluding hydrogens is 358 g/mol. The van der Waals surface area contributed by atoms with Crippen molar-refractivity contribution in [2.45, 2.75) is 25.3 Å². The van der Waals surface area contributed by atoms with Gasteiger partial charge in [0, 0.05) is 21.1 Å². The molecule has 3 rings (SSSR count). The van der Waals surface area contributed by atoms with Gasteiger partial charge < -0.3 is 10.4 Å². The number of carboxylic acid groups (broad SMARTS) is 1. The van der Waals surface area contributed by atoms with Crippen molar-refractivity contribution in [2.24, 2.45) is 17.8 Å². The van der Waals surface area contributed by atoms with E-state index in [0.29, 0.717) is 10.6 Å². The van der Waals surface area contributed by atoms with Gasteiger partial charge in [-0.3, -0.25) is 9.59 Å². The van der Waals surface area contributed by atoms with E-state index in [9.17, 15) is 14.7 Å². The predicted octanol–water partition coefficient (Wildman–Crippen LogP) is 3.33. The van der Waals surface area contributed by atoms with Crippen LogP contribution in [0.15, 0.2) is 22.7 Å². The number of rotatable bonds is 3. The van der Waals surface area contributed by atoms with Gasteiger partial charge in [0.1, 0.15) is 0 Å². The number of hydrogen-bond acceptors (Lipinski definition) is 2. The minimum absolute atomic E-state index is 0.198. The summed E-state index contributed by atoms with van der Waals surface area (Å²) in [6.45, 7) is 0. The van der Waals surface area contributed by atoms with Gasteiger partial charge in [0.2, 0.25) is 0 Å². The van der Waals surface area contributed by atoms with E-state index < -0.39 is 11.9 Å². The Hall–Kier alpha value is -1.07. The Morgan fingerprint density at radius 2 is 1.95 bits per heavy atom. The first-order chi connectivity index (χ1) is 9.95. The minimum atomic E-state index is -0.806. The second-order valence-electron chi connectivity index (χ2n) is 5.85. The fourth-order valence-corrected chi connectivity index (χ4v) is 4.63. The molecular formula is C15H15BrClNO3. The van der Waals surface area contributed by atoms with Crippen molar-refractivity contribution in [2.75, 3.05) is 0 Å². The highest BCUT2D eigenvalue weighted by atomic mass is 79.9. The molecule has 2 saturated carbocycles. The normalized spacial score (nSPS) is 30.4. The Morgan fingerprint density at radius 3 is 2.62 bits per heavy atom. The number of halogens is 2. The maximum atomic E-state index is 12.4. The first-order valence-corrected chi connectivity index (χ1v) is 8.12. The summed E-state index contributed by atoms with van der Waals surface area (Å²) in [5.41, 5.74) is 0.446. The van der Waals surface area contributed by atoms with E-state index in [1.165, 1.54) is 0 Å². The summed E-state index contributed by atoms with van der Waals surface area (Å²) in [6.07, 6.45) is 2.86. The van der Waals surface area contributed by atoms with E-state index in [2.05, 4.69) is 21.2 Å². The Kier molecular flexibility index (Phi) is 3.97. The van der Waals surface area contributed by atoms with Gasteiger partial charge in [-0.15, -0.1) is 0 Å². The Bertz CT molecular complexity index is 586. The second-order valence-corrected chi connectivity index (χ2v) is 7.21. The van der Waals surface area contributed by atoms with Crippen molar-refractivity contribution in [3.63, 3.8) is 0 Å². The third-order valence-electron chi connectivity index (χ3n) is 4.62. The largest absolute Gasteiger partial charge is 0.481 e. The van der Waals surface area contributed by atoms with E-state index in [4.69, 9.17) is 11.6 Å². The monoisotopic (exact) mass is 371 g/mol. The molecule has 21 heavy (non-hydrogen) atoms. The second kappa shape index (κ2) is 5.61. The Balaban J connectivity index is 1.79. The zero-order valence-corrected chi connectivity index (χ0v) is 13.5. The standard InChI is InChI=1S/C15H15BrClNO3/c16-10-4-9(5-11(17)6-10)14(19)18-13-8-2-1-7(3-8)12(13)15(20)21/h4-8,12-13H,1-3H2,(H,18,19)(H,20,21). The third-order valence-corrected chi connectivity index (χ3v) is 5.30. The molecule has 4 nitrogen and oxygen atoms in total. The number of carbonyl (C=O) groups excluding carboxylic acids is 1. The highest BCUT2D eigenvalue weighted by Crippen LogP contribution is 2.48. The van der Waals surface area contributed by atoms with Gasteiger partial charge in [-0.25, -0.2) is 0 Å². The number of amides is 1. The highest BCUT2D eigenvalue weighted by Gasteiger charge is 2.51. The lowest BCUT2D eigenvalue weighted by Crippen LogP contribution is -2.46. The van der Waals surface area contributed by atoms with E-state index in [1.807, 2.05) is 0 Å². The lowest BCUT2D eigenvalue weighted by molar-refractivity contribution is -0.144. The molecule has 2 fully saturated rings. The molecule has 6 heteroatoms. The Labute approximate surface area is 136 Å². The lowest BCUT2D eigenvalue weighted by Gasteiger charge is -2.28. The molecule has 4 unspecified atom stereocenters. The molecule has 2 bridgehead atoms. The van der Waals surface area contributed by atoms with Crippen LogP contribution in [0.4, 0.5) is 0 Å². The van der Waals surface area contributed by atoms with Crippen LogP contribution < -0.4 is 5.32 Å². The van der Waals surface area contributed by atoms with Gasteiger partial charge in [0.05, 0.1) is 5.92 Å². The van der Waals surface area contributed by atoms with Crippen molar-refractivity contribution >= 4 is 39.4 Å². The molecule has 2 aliphatic rings. The highest BCUT2D eigenvalue weighted by molar-refractivity contribution is 9.10. The summed E-state index contributed by atoms with van der Waals surface area (Å²) in [5.74, 6) is -1.05. The van der Waals surface area contributed by atoms with Crippen molar-refractivity contribution in [1.82, 2.24) is 5.32 Å². The maximum absolute atomic E-state index is 12.4. The van der Waals surface area contributed by atoms with E-state index in [1.54, 1.807) is 18.2 Å². The molecule has 1 aromatic carbocycles. The van der Waals surface area contributed by atoms with Gasteiger partial charge in [0.15, 0.2) is 0 Å². The summed E-state index contributed by atoms with van der Waals surface area (Å²) < 4.78 is 0.725. The lowest BCUT2D eigenvalue weighted by atomic mass is 9.84. The van der Waals surface area contributed by atoms with Crippen molar-refractivity contribution in [3.05, 3.63) is 33.3 Å². The quantitative estimate of drug-likeness (QED) is 0.855. The summed E-state index contributed by atoms with van der Waals surface area (Å²) in [6, 6.07) is 4.71. The van der Waals surface area contributed by atoms with Crippen LogP contribution in [0.5, 0.6) is 0 Å². The number of carboxylic acids is 1. The molecule has 0 heterocycles. The molecule has 2 N–H and O–H groups in total. The van der Waals surface area contributed by atoms with Gasteiger partial charge in [-0.1, -0.05) is 27.5 Å². The topological polar surface area (TPSA) is 66.4 Å². The van der Waals surface area contributed by atoms with Crippen LogP contribution in [-0.4, -0.2) is 23.0 Å². The molecule has 0 radical (unpaired) electrons. The number of benzene rings is 1. The molecule has 2 aliphatic carbocycles. The molecule has 0 spiro atoms. The average Bonchev–Trinajstić information content (AvgIpc) is 2.97. The van der Waals surface area contributed by atoms with Gasteiger partial charge >= 0.3 is 5.97 Å². The van der Waals surface area contributed by atoms with Crippen LogP contribution in [0.3, 0.4) is 0 Å². The molecule has 1 amide bonds. The van der Waals surface area contributed by atoms with Crippen molar-refractivity contribution in [1.29, 1.82) is 0 Å². The summed E-state index contributed by atoms with van der Waals surface area (Å²) in [7, 11) is 0. The smallest absolute Gasteiger partial charge is 0.308 e. The van der Waals surface area contributed by atoms with Crippen LogP contribution >= 0.6 is 27.5 Å². The minimum Gasteiger partial charge on any atom is -0.481 e. The first-order valence-electron chi connectivity index (χ1n) is 6.95. The molecule has 0 aliphatic heterocycles. The zero-order chi connectivity index (χ0) is 15.1. The fraction of sp³-hybridized carbons (Fsp3) is 0.467. The van der Waals surface area contributed by atoms with Crippen molar-refractivity contribution < 1.29 is 14.7 Å². The van der Waals surface area contributed by atoms with Crippen LogP contribution in [0.25, 0.3) is 0 Å². The van der Waals surface area contributed by atoms with Crippen LogP contribution in [0.1, 0.15) is 29.6 Å². The number of carbonyl (C=O) groups is 2. The Morgan fingerprint density at radius 1 is 1.24 bits per heavy atom. The number of aliphatic carboxylic acids is 1. The molecule has 0 saturated heterocycles. The average molecular weight is 373 g/mol. The zero-order valence-electron chi connectivity index (χ0n) is 11.2. The number of fused-ring (bicyclic) bond motifs is 2. The van der Waals surface area contributed by atoms with Crippen LogP contribution in [0, 0.1) is 17.8 Å². The third kappa shape index (κ3) is 2.81. The number of nitrogens with one attached hydrogen (secondary N) is 1. The predicted molar refractivity (Wildman–Crippen MR) is 82.4 cm³/mol. The van der Waals surface area contributed by atoms with Crippen molar-refractivity contribution in [3.8, 4) is 0 Å². The molecule has 112 valence electrons. The SMILES string of the molecule is O=C(NC1C2CCC(C2)C1C(=O)O)c1cc(Cl)cc(Br)c1. The first kappa shape index (κ1) is 14.9. The van der Waals surface area contributed by atoms with E-state index >= 15 is 0 Å². The molecule has 1 aromatic rings. The maximum Gasteiger partial charge on any atom is 0.308 e.